The molecule has 1 saturated heterocycles. The summed E-state index contributed by atoms with van der Waals surface area (Å²) in [4.78, 5) is 2.55. The van der Waals surface area contributed by atoms with E-state index in [2.05, 4.69) is 33.9 Å². The number of hydrogen-bond acceptors (Lipinski definition) is 5. The van der Waals surface area contributed by atoms with E-state index in [1.165, 1.54) is 25.1 Å². The summed E-state index contributed by atoms with van der Waals surface area (Å²) in [5, 5.41) is 8.99. The first-order valence-corrected chi connectivity index (χ1v) is 7.50. The molecule has 2 fully saturated rings. The molecule has 4 aliphatic rings. The Labute approximate surface area is 111 Å². The molecule has 0 aromatic rings. The molecule has 3 aliphatic heterocycles. The van der Waals surface area contributed by atoms with Gasteiger partial charge in [0.1, 0.15) is 11.2 Å². The van der Waals surface area contributed by atoms with Crippen molar-refractivity contribution in [3.05, 3.63) is 35.2 Å². The quantitative estimate of drug-likeness (QED) is 0.685. The molecular formula is C13H18N4S. The third-order valence-electron chi connectivity index (χ3n) is 4.22. The minimum Gasteiger partial charge on any atom is -0.385 e. The van der Waals surface area contributed by atoms with E-state index in [1.807, 2.05) is 5.41 Å². The van der Waals surface area contributed by atoms with Gasteiger partial charge in [-0.05, 0) is 24.3 Å². The van der Waals surface area contributed by atoms with Crippen LogP contribution in [-0.2, 0) is 0 Å². The average molecular weight is 262 g/mol. The Hall–Kier alpha value is -1.07. The van der Waals surface area contributed by atoms with Crippen LogP contribution in [0.2, 0.25) is 0 Å². The zero-order chi connectivity index (χ0) is 12.1. The van der Waals surface area contributed by atoms with Crippen LogP contribution in [0.5, 0.6) is 0 Å². The molecule has 1 saturated carbocycles. The summed E-state index contributed by atoms with van der Waals surface area (Å²) in [6.45, 7) is 2.53. The zero-order valence-electron chi connectivity index (χ0n) is 10.2. The first-order chi connectivity index (χ1) is 8.79. The highest BCUT2D eigenvalue weighted by Crippen LogP contribution is 2.45. The second kappa shape index (κ2) is 3.96. The summed E-state index contributed by atoms with van der Waals surface area (Å²) in [5.41, 5.74) is 6.99. The number of nitrogens with one attached hydrogen (secondary N) is 2. The predicted octanol–water partition coefficient (Wildman–Crippen LogP) is 0.728. The van der Waals surface area contributed by atoms with Gasteiger partial charge >= 0.3 is 0 Å². The number of piperidine rings is 1. The lowest BCUT2D eigenvalue weighted by molar-refractivity contribution is 0.235. The van der Waals surface area contributed by atoms with Crippen molar-refractivity contribution in [1.29, 1.82) is 0 Å². The van der Waals surface area contributed by atoms with Crippen LogP contribution < -0.4 is 16.4 Å². The topological polar surface area (TPSA) is 53.3 Å². The Morgan fingerprint density at radius 1 is 1.33 bits per heavy atom. The van der Waals surface area contributed by atoms with Gasteiger partial charge in [-0.15, -0.1) is 11.8 Å². The lowest BCUT2D eigenvalue weighted by Crippen LogP contribution is -2.43. The molecule has 0 amide bonds. The molecule has 3 heterocycles. The van der Waals surface area contributed by atoms with E-state index in [0.29, 0.717) is 6.17 Å². The summed E-state index contributed by atoms with van der Waals surface area (Å²) >= 11 is 1.73. The monoisotopic (exact) mass is 262 g/mol. The van der Waals surface area contributed by atoms with Crippen LogP contribution in [0.3, 0.4) is 0 Å². The highest BCUT2D eigenvalue weighted by Gasteiger charge is 2.46. The fourth-order valence-corrected chi connectivity index (χ4v) is 3.92. The highest BCUT2D eigenvalue weighted by molar-refractivity contribution is 8.03. The highest BCUT2D eigenvalue weighted by atomic mass is 32.2. The molecule has 4 rings (SSSR count). The number of likely N-dealkylation sites (tertiary alicyclic amines) is 1. The van der Waals surface area contributed by atoms with Crippen molar-refractivity contribution in [3.8, 4) is 0 Å². The van der Waals surface area contributed by atoms with Crippen LogP contribution in [-0.4, -0.2) is 29.5 Å². The van der Waals surface area contributed by atoms with Gasteiger partial charge in [0.2, 0.25) is 0 Å². The van der Waals surface area contributed by atoms with Crippen molar-refractivity contribution >= 4 is 11.8 Å². The van der Waals surface area contributed by atoms with Crippen LogP contribution in [0.1, 0.15) is 6.42 Å². The Morgan fingerprint density at radius 3 is 2.78 bits per heavy atom. The van der Waals surface area contributed by atoms with E-state index in [1.54, 1.807) is 11.8 Å². The van der Waals surface area contributed by atoms with E-state index in [9.17, 15) is 0 Å². The normalized spacial score (nSPS) is 41.8. The SMILES string of the molecule is NC1=CSC(C2=CNC(N3CC4CC4C3)C=C2)N1. The first-order valence-electron chi connectivity index (χ1n) is 6.55. The fraction of sp³-hybridized carbons (Fsp3) is 0.538. The van der Waals surface area contributed by atoms with Gasteiger partial charge in [-0.3, -0.25) is 4.90 Å². The maximum Gasteiger partial charge on any atom is 0.105 e. The van der Waals surface area contributed by atoms with Crippen molar-refractivity contribution in [1.82, 2.24) is 15.5 Å². The van der Waals surface area contributed by atoms with Crippen LogP contribution in [0.15, 0.2) is 35.2 Å². The molecule has 96 valence electrons. The Kier molecular flexibility index (Phi) is 2.38. The lowest BCUT2D eigenvalue weighted by atomic mass is 10.2. The van der Waals surface area contributed by atoms with Crippen molar-refractivity contribution in [2.75, 3.05) is 13.1 Å². The standard InChI is InChI=1S/C13H18N4S/c14-11-7-18-13(16-11)8-1-2-12(15-4-8)17-5-9-3-10(9)6-17/h1-2,4,7,9-10,12-13,15-16H,3,5-6,14H2. The third kappa shape index (κ3) is 1.82. The van der Waals surface area contributed by atoms with Gasteiger partial charge in [-0.1, -0.05) is 6.08 Å². The molecule has 4 unspecified atom stereocenters. The molecule has 0 radical (unpaired) electrons. The van der Waals surface area contributed by atoms with Gasteiger partial charge in [0.15, 0.2) is 0 Å². The minimum absolute atomic E-state index is 0.265. The predicted molar refractivity (Wildman–Crippen MR) is 74.1 cm³/mol. The summed E-state index contributed by atoms with van der Waals surface area (Å²) < 4.78 is 0. The van der Waals surface area contributed by atoms with Crippen molar-refractivity contribution < 1.29 is 0 Å². The largest absolute Gasteiger partial charge is 0.385 e. The van der Waals surface area contributed by atoms with E-state index in [0.717, 1.165) is 17.7 Å². The number of rotatable bonds is 2. The molecule has 0 aromatic heterocycles. The van der Waals surface area contributed by atoms with Gasteiger partial charge in [0.05, 0.1) is 6.17 Å². The second-order valence-corrected chi connectivity index (χ2v) is 6.54. The number of dihydropyridines is 1. The number of nitrogens with two attached hydrogens (primary N) is 1. The Morgan fingerprint density at radius 2 is 2.17 bits per heavy atom. The molecule has 18 heavy (non-hydrogen) atoms. The number of thioether (sulfide) groups is 1. The Bertz CT molecular complexity index is 446. The molecule has 4 N–H and O–H groups in total. The van der Waals surface area contributed by atoms with Gasteiger partial charge in [0, 0.05) is 30.3 Å². The maximum atomic E-state index is 5.73. The molecule has 1 aliphatic carbocycles. The van der Waals surface area contributed by atoms with Crippen molar-refractivity contribution in [2.45, 2.75) is 18.0 Å². The maximum absolute atomic E-state index is 5.73. The van der Waals surface area contributed by atoms with Crippen LogP contribution >= 0.6 is 11.8 Å². The van der Waals surface area contributed by atoms with Crippen LogP contribution in [0.25, 0.3) is 0 Å². The van der Waals surface area contributed by atoms with E-state index < -0.39 is 0 Å². The molecule has 0 bridgehead atoms. The van der Waals surface area contributed by atoms with Gasteiger partial charge in [-0.2, -0.15) is 0 Å². The number of hydrogen-bond donors (Lipinski definition) is 3. The van der Waals surface area contributed by atoms with Gasteiger partial charge < -0.3 is 16.4 Å². The number of fused-ring (bicyclic) bond motifs is 1. The molecule has 0 spiro atoms. The van der Waals surface area contributed by atoms with E-state index >= 15 is 0 Å². The van der Waals surface area contributed by atoms with Crippen LogP contribution in [0, 0.1) is 11.8 Å². The zero-order valence-corrected chi connectivity index (χ0v) is 11.0. The second-order valence-electron chi connectivity index (χ2n) is 5.56. The van der Waals surface area contributed by atoms with E-state index in [-0.39, 0.29) is 5.37 Å². The summed E-state index contributed by atoms with van der Waals surface area (Å²) in [6, 6.07) is 0. The molecule has 0 aromatic carbocycles. The van der Waals surface area contributed by atoms with Crippen LogP contribution in [0.4, 0.5) is 0 Å². The third-order valence-corrected chi connectivity index (χ3v) is 5.28. The average Bonchev–Trinajstić information content (AvgIpc) is 2.82. The summed E-state index contributed by atoms with van der Waals surface area (Å²) in [7, 11) is 0. The lowest BCUT2D eigenvalue weighted by Gasteiger charge is -2.30. The van der Waals surface area contributed by atoms with Crippen molar-refractivity contribution in [2.24, 2.45) is 17.6 Å². The van der Waals surface area contributed by atoms with Crippen molar-refractivity contribution in [3.63, 3.8) is 0 Å². The number of nitrogens with zero attached hydrogens (tertiary/aromatic N) is 1. The first kappa shape index (κ1) is 10.8. The summed E-state index contributed by atoms with van der Waals surface area (Å²) in [6.07, 6.45) is 8.48. The molecule has 4 atom stereocenters. The van der Waals surface area contributed by atoms with Gasteiger partial charge in [0.25, 0.3) is 0 Å². The smallest absolute Gasteiger partial charge is 0.105 e. The molecule has 4 nitrogen and oxygen atoms in total. The minimum atomic E-state index is 0.265. The van der Waals surface area contributed by atoms with Gasteiger partial charge in [-0.25, -0.2) is 0 Å². The molecular weight excluding hydrogens is 244 g/mol. The molecule has 5 heteroatoms. The summed E-state index contributed by atoms with van der Waals surface area (Å²) in [5.74, 6) is 2.74. The van der Waals surface area contributed by atoms with E-state index in [4.69, 9.17) is 5.73 Å². The Balaban J connectivity index is 1.37. The fourth-order valence-electron chi connectivity index (χ4n) is 3.06.